The molecule has 0 amide bonds. The van der Waals surface area contributed by atoms with Crippen LogP contribution in [0.25, 0.3) is 6.08 Å². The standard InChI is InChI=1S/C9H9ClN2O2S/c10-9-7(3-1-2-4-15)5-11-6-8(9)12(13)14/h1,3,5-6,15H,2,4H2. The topological polar surface area (TPSA) is 56.0 Å². The van der Waals surface area contributed by atoms with E-state index in [0.29, 0.717) is 5.56 Å². The Morgan fingerprint density at radius 2 is 2.33 bits per heavy atom. The third-order valence-corrected chi connectivity index (χ3v) is 2.35. The molecule has 0 saturated carbocycles. The zero-order chi connectivity index (χ0) is 11.3. The SMILES string of the molecule is O=[N+]([O-])c1cncc(C=CCCS)c1Cl. The Morgan fingerprint density at radius 1 is 1.60 bits per heavy atom. The Morgan fingerprint density at radius 3 is 2.93 bits per heavy atom. The van der Waals surface area contributed by atoms with Crippen LogP contribution in [0.1, 0.15) is 12.0 Å². The van der Waals surface area contributed by atoms with Gasteiger partial charge in [-0.3, -0.25) is 15.1 Å². The lowest BCUT2D eigenvalue weighted by Gasteiger charge is -1.98. The van der Waals surface area contributed by atoms with Crippen molar-refractivity contribution in [3.05, 3.63) is 39.2 Å². The molecule has 1 rings (SSSR count). The fourth-order valence-electron chi connectivity index (χ4n) is 0.978. The number of aromatic nitrogens is 1. The van der Waals surface area contributed by atoms with E-state index in [-0.39, 0.29) is 10.7 Å². The maximum atomic E-state index is 10.5. The van der Waals surface area contributed by atoms with E-state index in [0.717, 1.165) is 18.4 Å². The van der Waals surface area contributed by atoms with Crippen LogP contribution < -0.4 is 0 Å². The van der Waals surface area contributed by atoms with Crippen LogP contribution in [0.4, 0.5) is 5.69 Å². The van der Waals surface area contributed by atoms with Crippen LogP contribution in [0.15, 0.2) is 18.5 Å². The summed E-state index contributed by atoms with van der Waals surface area (Å²) < 4.78 is 0. The van der Waals surface area contributed by atoms with Crippen LogP contribution in [0.2, 0.25) is 5.02 Å². The minimum atomic E-state index is -0.550. The number of nitro groups is 1. The van der Waals surface area contributed by atoms with Crippen LogP contribution in [0.3, 0.4) is 0 Å². The minimum absolute atomic E-state index is 0.116. The van der Waals surface area contributed by atoms with Crippen molar-refractivity contribution in [1.29, 1.82) is 0 Å². The van der Waals surface area contributed by atoms with Gasteiger partial charge in [0, 0.05) is 11.8 Å². The van der Waals surface area contributed by atoms with E-state index >= 15 is 0 Å². The third kappa shape index (κ3) is 3.21. The van der Waals surface area contributed by atoms with Gasteiger partial charge in [-0.15, -0.1) is 0 Å². The summed E-state index contributed by atoms with van der Waals surface area (Å²) in [5.74, 6) is 0.719. The number of halogens is 1. The Bertz CT molecular complexity index is 396. The molecule has 1 heterocycles. The molecule has 15 heavy (non-hydrogen) atoms. The summed E-state index contributed by atoms with van der Waals surface area (Å²) in [7, 11) is 0. The highest BCUT2D eigenvalue weighted by Crippen LogP contribution is 2.27. The predicted octanol–water partition coefficient (Wildman–Crippen LogP) is 2.98. The Labute approximate surface area is 97.5 Å². The van der Waals surface area contributed by atoms with Gasteiger partial charge in [0.05, 0.1) is 4.92 Å². The number of allylic oxidation sites excluding steroid dienone is 1. The second kappa shape index (κ2) is 5.72. The first-order valence-corrected chi connectivity index (χ1v) is 5.23. The molecule has 0 unspecified atom stereocenters. The average molecular weight is 245 g/mol. The van der Waals surface area contributed by atoms with Crippen molar-refractivity contribution in [2.24, 2.45) is 0 Å². The fourth-order valence-corrected chi connectivity index (χ4v) is 1.36. The second-order valence-corrected chi connectivity index (χ2v) is 3.56. The summed E-state index contributed by atoms with van der Waals surface area (Å²) in [6, 6.07) is 0. The molecule has 0 radical (unpaired) electrons. The van der Waals surface area contributed by atoms with E-state index in [2.05, 4.69) is 17.6 Å². The molecule has 1 aromatic rings. The zero-order valence-electron chi connectivity index (χ0n) is 7.76. The number of thiol groups is 1. The molecule has 0 aliphatic rings. The van der Waals surface area contributed by atoms with Gasteiger partial charge in [-0.05, 0) is 12.2 Å². The number of hydrogen-bond donors (Lipinski definition) is 1. The van der Waals surface area contributed by atoms with Crippen LogP contribution in [-0.4, -0.2) is 15.7 Å². The molecule has 0 saturated heterocycles. The van der Waals surface area contributed by atoms with Gasteiger partial charge in [0.25, 0.3) is 0 Å². The molecule has 6 heteroatoms. The summed E-state index contributed by atoms with van der Waals surface area (Å²) in [5.41, 5.74) is 0.373. The number of pyridine rings is 1. The Kier molecular flexibility index (Phi) is 4.58. The molecule has 4 nitrogen and oxygen atoms in total. The van der Waals surface area contributed by atoms with Gasteiger partial charge in [0.15, 0.2) is 0 Å². The van der Waals surface area contributed by atoms with Gasteiger partial charge in [0.1, 0.15) is 11.2 Å². The minimum Gasteiger partial charge on any atom is -0.258 e. The molecule has 0 aliphatic carbocycles. The van der Waals surface area contributed by atoms with E-state index in [1.165, 1.54) is 6.20 Å². The lowest BCUT2D eigenvalue weighted by molar-refractivity contribution is -0.385. The van der Waals surface area contributed by atoms with Crippen molar-refractivity contribution < 1.29 is 4.92 Å². The second-order valence-electron chi connectivity index (χ2n) is 2.73. The fraction of sp³-hybridized carbons (Fsp3) is 0.222. The van der Waals surface area contributed by atoms with Gasteiger partial charge in [-0.25, -0.2) is 0 Å². The largest absolute Gasteiger partial charge is 0.306 e. The lowest BCUT2D eigenvalue weighted by atomic mass is 10.2. The summed E-state index contributed by atoms with van der Waals surface area (Å²) >= 11 is 9.87. The van der Waals surface area contributed by atoms with Crippen molar-refractivity contribution >= 4 is 36.0 Å². The summed E-state index contributed by atoms with van der Waals surface area (Å²) in [5, 5.41) is 10.7. The van der Waals surface area contributed by atoms with Crippen molar-refractivity contribution in [1.82, 2.24) is 4.98 Å². The Balaban J connectivity index is 2.99. The van der Waals surface area contributed by atoms with Crippen LogP contribution >= 0.6 is 24.2 Å². The summed E-state index contributed by atoms with van der Waals surface area (Å²) in [4.78, 5) is 13.7. The first kappa shape index (κ1) is 12.0. The molecular weight excluding hydrogens is 236 g/mol. The molecule has 80 valence electrons. The molecule has 0 fully saturated rings. The van der Waals surface area contributed by atoms with E-state index in [1.807, 2.05) is 6.08 Å². The smallest absolute Gasteiger partial charge is 0.258 e. The van der Waals surface area contributed by atoms with Crippen LogP contribution in [0.5, 0.6) is 0 Å². The van der Waals surface area contributed by atoms with Crippen molar-refractivity contribution in [2.45, 2.75) is 6.42 Å². The van der Waals surface area contributed by atoms with E-state index in [1.54, 1.807) is 6.08 Å². The lowest BCUT2D eigenvalue weighted by Crippen LogP contribution is -1.92. The third-order valence-electron chi connectivity index (χ3n) is 1.68. The normalized spacial score (nSPS) is 10.8. The van der Waals surface area contributed by atoms with Crippen LogP contribution in [0, 0.1) is 10.1 Å². The van der Waals surface area contributed by atoms with E-state index in [4.69, 9.17) is 11.6 Å². The summed E-state index contributed by atoms with van der Waals surface area (Å²) in [6.45, 7) is 0. The molecule has 1 aromatic heterocycles. The molecular formula is C9H9ClN2O2S. The molecule has 0 aromatic carbocycles. The van der Waals surface area contributed by atoms with Gasteiger partial charge in [-0.2, -0.15) is 12.6 Å². The highest BCUT2D eigenvalue weighted by Gasteiger charge is 2.14. The molecule has 0 atom stereocenters. The predicted molar refractivity (Wildman–Crippen MR) is 63.4 cm³/mol. The van der Waals surface area contributed by atoms with Gasteiger partial charge in [0.2, 0.25) is 0 Å². The molecule has 0 spiro atoms. The first-order valence-electron chi connectivity index (χ1n) is 4.22. The maximum Gasteiger partial charge on any atom is 0.306 e. The molecule has 0 N–H and O–H groups in total. The quantitative estimate of drug-likeness (QED) is 0.503. The highest BCUT2D eigenvalue weighted by atomic mass is 35.5. The number of rotatable bonds is 4. The maximum absolute atomic E-state index is 10.5. The van der Waals surface area contributed by atoms with Gasteiger partial charge < -0.3 is 0 Å². The Hall–Kier alpha value is -1.07. The first-order chi connectivity index (χ1) is 7.16. The van der Waals surface area contributed by atoms with Crippen molar-refractivity contribution in [2.75, 3.05) is 5.75 Å². The molecule has 0 bridgehead atoms. The highest BCUT2D eigenvalue weighted by molar-refractivity contribution is 7.80. The van der Waals surface area contributed by atoms with E-state index in [9.17, 15) is 10.1 Å². The van der Waals surface area contributed by atoms with Gasteiger partial charge >= 0.3 is 5.69 Å². The number of hydrogen-bond acceptors (Lipinski definition) is 4. The monoisotopic (exact) mass is 244 g/mol. The molecule has 0 aliphatic heterocycles. The summed E-state index contributed by atoms with van der Waals surface area (Å²) in [6.07, 6.45) is 6.96. The van der Waals surface area contributed by atoms with Crippen molar-refractivity contribution in [3.63, 3.8) is 0 Å². The van der Waals surface area contributed by atoms with Crippen molar-refractivity contribution in [3.8, 4) is 0 Å². The number of nitrogens with zero attached hydrogens (tertiary/aromatic N) is 2. The van der Waals surface area contributed by atoms with Crippen LogP contribution in [-0.2, 0) is 0 Å². The average Bonchev–Trinajstić information content (AvgIpc) is 2.20. The van der Waals surface area contributed by atoms with E-state index < -0.39 is 4.92 Å². The van der Waals surface area contributed by atoms with Gasteiger partial charge in [-0.1, -0.05) is 23.8 Å². The zero-order valence-corrected chi connectivity index (χ0v) is 9.41.